The summed E-state index contributed by atoms with van der Waals surface area (Å²) >= 11 is 0. The van der Waals surface area contributed by atoms with Crippen LogP contribution in [0.1, 0.15) is 24.0 Å². The molecule has 2 amide bonds. The van der Waals surface area contributed by atoms with Gasteiger partial charge in [-0.05, 0) is 36.1 Å². The molecule has 0 aromatic heterocycles. The average Bonchev–Trinajstić information content (AvgIpc) is 2.61. The molecule has 0 spiro atoms. The Balaban J connectivity index is 1.99. The highest BCUT2D eigenvalue weighted by Crippen LogP contribution is 2.12. The zero-order chi connectivity index (χ0) is 18.8. The van der Waals surface area contributed by atoms with Gasteiger partial charge in [0.2, 0.25) is 0 Å². The van der Waals surface area contributed by atoms with E-state index in [0.717, 1.165) is 11.1 Å². The Labute approximate surface area is 152 Å². The molecule has 0 aliphatic rings. The standard InChI is InChI=1S/C20H21N3O3/c21-12-11-16-7-4-8-17(14-16)22-20(26)23-18(9-10-19(24)25)13-15-5-2-1-3-6-15/h1-8,14,18H,9-11,13H2,(H,24,25)(H2,22,23,26). The highest BCUT2D eigenvalue weighted by molar-refractivity contribution is 5.89. The van der Waals surface area contributed by atoms with E-state index in [0.29, 0.717) is 18.5 Å². The Hall–Kier alpha value is -3.33. The Morgan fingerprint density at radius 3 is 2.50 bits per heavy atom. The smallest absolute Gasteiger partial charge is 0.319 e. The normalized spacial score (nSPS) is 11.2. The number of aliphatic carboxylic acids is 1. The number of carbonyl (C=O) groups is 2. The Morgan fingerprint density at radius 2 is 1.81 bits per heavy atom. The first-order valence-electron chi connectivity index (χ1n) is 8.36. The van der Waals surface area contributed by atoms with Crippen LogP contribution < -0.4 is 10.6 Å². The summed E-state index contributed by atoms with van der Waals surface area (Å²) in [5.74, 6) is -0.894. The molecule has 0 fully saturated rings. The van der Waals surface area contributed by atoms with Crippen molar-refractivity contribution < 1.29 is 14.7 Å². The van der Waals surface area contributed by atoms with Crippen molar-refractivity contribution in [2.75, 3.05) is 5.32 Å². The molecular weight excluding hydrogens is 330 g/mol. The lowest BCUT2D eigenvalue weighted by atomic mass is 10.0. The molecule has 1 atom stereocenters. The van der Waals surface area contributed by atoms with Gasteiger partial charge in [0, 0.05) is 18.2 Å². The predicted molar refractivity (Wildman–Crippen MR) is 98.7 cm³/mol. The molecule has 1 unspecified atom stereocenters. The van der Waals surface area contributed by atoms with E-state index in [1.54, 1.807) is 18.2 Å². The molecule has 0 saturated carbocycles. The van der Waals surface area contributed by atoms with Gasteiger partial charge in [0.05, 0.1) is 12.5 Å². The second-order valence-corrected chi connectivity index (χ2v) is 5.95. The molecule has 6 heteroatoms. The van der Waals surface area contributed by atoms with Crippen LogP contribution in [0.5, 0.6) is 0 Å². The van der Waals surface area contributed by atoms with E-state index in [9.17, 15) is 9.59 Å². The molecule has 0 aliphatic heterocycles. The van der Waals surface area contributed by atoms with Crippen LogP contribution in [0.25, 0.3) is 0 Å². The fourth-order valence-electron chi connectivity index (χ4n) is 2.62. The molecule has 0 aliphatic carbocycles. The number of carbonyl (C=O) groups excluding carboxylic acids is 1. The van der Waals surface area contributed by atoms with Gasteiger partial charge in [-0.3, -0.25) is 4.79 Å². The number of benzene rings is 2. The summed E-state index contributed by atoms with van der Waals surface area (Å²) in [6.45, 7) is 0. The van der Waals surface area contributed by atoms with E-state index in [1.807, 2.05) is 36.4 Å². The highest BCUT2D eigenvalue weighted by atomic mass is 16.4. The second kappa shape index (κ2) is 9.84. The highest BCUT2D eigenvalue weighted by Gasteiger charge is 2.15. The quantitative estimate of drug-likeness (QED) is 0.678. The van der Waals surface area contributed by atoms with E-state index >= 15 is 0 Å². The Morgan fingerprint density at radius 1 is 1.08 bits per heavy atom. The van der Waals surface area contributed by atoms with Gasteiger partial charge >= 0.3 is 12.0 Å². The second-order valence-electron chi connectivity index (χ2n) is 5.95. The molecule has 0 radical (unpaired) electrons. The average molecular weight is 351 g/mol. The number of hydrogen-bond donors (Lipinski definition) is 3. The third kappa shape index (κ3) is 6.65. The number of anilines is 1. The summed E-state index contributed by atoms with van der Waals surface area (Å²) in [7, 11) is 0. The molecule has 2 aromatic carbocycles. The van der Waals surface area contributed by atoms with E-state index in [1.165, 1.54) is 0 Å². The maximum Gasteiger partial charge on any atom is 0.319 e. The molecule has 3 N–H and O–H groups in total. The van der Waals surface area contributed by atoms with Crippen LogP contribution in [0.3, 0.4) is 0 Å². The molecule has 2 rings (SSSR count). The molecule has 134 valence electrons. The first kappa shape index (κ1) is 19.0. The van der Waals surface area contributed by atoms with Gasteiger partial charge in [-0.1, -0.05) is 42.5 Å². The van der Waals surface area contributed by atoms with Crippen molar-refractivity contribution in [2.45, 2.75) is 31.7 Å². The van der Waals surface area contributed by atoms with Gasteiger partial charge < -0.3 is 15.7 Å². The summed E-state index contributed by atoms with van der Waals surface area (Å²) in [5, 5.41) is 23.3. The number of nitrogens with zero attached hydrogens (tertiary/aromatic N) is 1. The summed E-state index contributed by atoms with van der Waals surface area (Å²) in [6, 6.07) is 18.1. The minimum atomic E-state index is -0.894. The minimum Gasteiger partial charge on any atom is -0.481 e. The third-order valence-corrected chi connectivity index (χ3v) is 3.83. The molecule has 26 heavy (non-hydrogen) atoms. The van der Waals surface area contributed by atoms with E-state index in [2.05, 4.69) is 16.7 Å². The van der Waals surface area contributed by atoms with Crippen molar-refractivity contribution in [3.05, 3.63) is 65.7 Å². The lowest BCUT2D eigenvalue weighted by molar-refractivity contribution is -0.137. The molecule has 0 saturated heterocycles. The fourth-order valence-corrected chi connectivity index (χ4v) is 2.62. The summed E-state index contributed by atoms with van der Waals surface area (Å²) < 4.78 is 0. The lowest BCUT2D eigenvalue weighted by Crippen LogP contribution is -2.39. The monoisotopic (exact) mass is 351 g/mol. The topological polar surface area (TPSA) is 102 Å². The summed E-state index contributed by atoms with van der Waals surface area (Å²) in [4.78, 5) is 23.2. The number of urea groups is 1. The fraction of sp³-hybridized carbons (Fsp3) is 0.250. The lowest BCUT2D eigenvalue weighted by Gasteiger charge is -2.19. The number of rotatable bonds is 8. The number of nitriles is 1. The van der Waals surface area contributed by atoms with Gasteiger partial charge in [0.15, 0.2) is 0 Å². The molecule has 0 bridgehead atoms. The van der Waals surface area contributed by atoms with Gasteiger partial charge in [-0.2, -0.15) is 5.26 Å². The SMILES string of the molecule is N#CCc1cccc(NC(=O)NC(CCC(=O)O)Cc2ccccc2)c1. The van der Waals surface area contributed by atoms with Gasteiger partial charge in [-0.25, -0.2) is 4.79 Å². The van der Waals surface area contributed by atoms with Crippen molar-refractivity contribution in [2.24, 2.45) is 0 Å². The first-order valence-corrected chi connectivity index (χ1v) is 8.36. The van der Waals surface area contributed by atoms with E-state index in [-0.39, 0.29) is 18.9 Å². The van der Waals surface area contributed by atoms with Crippen LogP contribution >= 0.6 is 0 Å². The van der Waals surface area contributed by atoms with Crippen molar-refractivity contribution in [3.63, 3.8) is 0 Å². The number of nitrogens with one attached hydrogen (secondary N) is 2. The number of hydrogen-bond acceptors (Lipinski definition) is 3. The van der Waals surface area contributed by atoms with Crippen LogP contribution in [0, 0.1) is 11.3 Å². The zero-order valence-electron chi connectivity index (χ0n) is 14.3. The van der Waals surface area contributed by atoms with Crippen molar-refractivity contribution in [3.8, 4) is 6.07 Å². The summed E-state index contributed by atoms with van der Waals surface area (Å²) in [5.41, 5.74) is 2.43. The van der Waals surface area contributed by atoms with E-state index < -0.39 is 12.0 Å². The first-order chi connectivity index (χ1) is 12.6. The number of carboxylic acids is 1. The zero-order valence-corrected chi connectivity index (χ0v) is 14.3. The number of carboxylic acid groups (broad SMARTS) is 1. The Bertz CT molecular complexity index is 784. The molecule has 2 aromatic rings. The Kier molecular flexibility index (Phi) is 7.19. The predicted octanol–water partition coefficient (Wildman–Crippen LogP) is 3.35. The van der Waals surface area contributed by atoms with Crippen LogP contribution in [-0.4, -0.2) is 23.1 Å². The van der Waals surface area contributed by atoms with Crippen molar-refractivity contribution >= 4 is 17.7 Å². The molecule has 0 heterocycles. The van der Waals surface area contributed by atoms with E-state index in [4.69, 9.17) is 10.4 Å². The third-order valence-electron chi connectivity index (χ3n) is 3.83. The maximum atomic E-state index is 12.3. The maximum absolute atomic E-state index is 12.3. The molecule has 6 nitrogen and oxygen atoms in total. The van der Waals surface area contributed by atoms with Gasteiger partial charge in [0.25, 0.3) is 0 Å². The van der Waals surface area contributed by atoms with Crippen LogP contribution in [-0.2, 0) is 17.6 Å². The summed E-state index contributed by atoms with van der Waals surface area (Å²) in [6.07, 6.45) is 1.14. The van der Waals surface area contributed by atoms with Gasteiger partial charge in [-0.15, -0.1) is 0 Å². The number of amides is 2. The van der Waals surface area contributed by atoms with Gasteiger partial charge in [0.1, 0.15) is 0 Å². The largest absolute Gasteiger partial charge is 0.481 e. The van der Waals surface area contributed by atoms with Crippen LogP contribution in [0.4, 0.5) is 10.5 Å². The minimum absolute atomic E-state index is 0.0184. The van der Waals surface area contributed by atoms with Crippen molar-refractivity contribution in [1.29, 1.82) is 5.26 Å². The molecular formula is C20H21N3O3. The van der Waals surface area contributed by atoms with Crippen LogP contribution in [0.15, 0.2) is 54.6 Å². The van der Waals surface area contributed by atoms with Crippen LogP contribution in [0.2, 0.25) is 0 Å². The van der Waals surface area contributed by atoms with Crippen molar-refractivity contribution in [1.82, 2.24) is 5.32 Å².